The summed E-state index contributed by atoms with van der Waals surface area (Å²) in [5.74, 6) is 1.32. The normalized spacial score (nSPS) is 14.9. The van der Waals surface area contributed by atoms with Gasteiger partial charge in [-0.05, 0) is 36.1 Å². The average Bonchev–Trinajstić information content (AvgIpc) is 2.30. The highest BCUT2D eigenvalue weighted by Gasteiger charge is 2.16. The Bertz CT molecular complexity index is 258. The van der Waals surface area contributed by atoms with Crippen molar-refractivity contribution in [3.8, 4) is 0 Å². The van der Waals surface area contributed by atoms with Gasteiger partial charge >= 0.3 is 0 Å². The van der Waals surface area contributed by atoms with Gasteiger partial charge in [0.25, 0.3) is 0 Å². The van der Waals surface area contributed by atoms with Crippen molar-refractivity contribution < 1.29 is 0 Å². The summed E-state index contributed by atoms with van der Waals surface area (Å²) < 4.78 is 0. The molecule has 0 fully saturated rings. The van der Waals surface area contributed by atoms with Crippen molar-refractivity contribution in [2.24, 2.45) is 5.92 Å². The topological polar surface area (TPSA) is 24.9 Å². The molecule has 0 aliphatic heterocycles. The maximum Gasteiger partial charge on any atom is 0.0270 e. The van der Waals surface area contributed by atoms with Crippen molar-refractivity contribution in [1.82, 2.24) is 10.3 Å². The molecule has 0 aliphatic rings. The lowest BCUT2D eigenvalue weighted by Crippen LogP contribution is -2.25. The van der Waals surface area contributed by atoms with Crippen LogP contribution in [0, 0.1) is 5.92 Å². The minimum atomic E-state index is 0.609. The molecule has 1 aromatic heterocycles. The van der Waals surface area contributed by atoms with E-state index in [2.05, 4.69) is 43.2 Å². The zero-order chi connectivity index (χ0) is 11.1. The van der Waals surface area contributed by atoms with Crippen molar-refractivity contribution in [1.29, 1.82) is 0 Å². The highest BCUT2D eigenvalue weighted by molar-refractivity contribution is 5.17. The molecular weight excluding hydrogens is 184 g/mol. The third kappa shape index (κ3) is 3.63. The van der Waals surface area contributed by atoms with Gasteiger partial charge in [0.15, 0.2) is 0 Å². The number of nitrogens with zero attached hydrogens (tertiary/aromatic N) is 1. The first-order valence-electron chi connectivity index (χ1n) is 5.90. The summed E-state index contributed by atoms with van der Waals surface area (Å²) in [6.45, 7) is 8.83. The molecule has 0 aliphatic carbocycles. The summed E-state index contributed by atoms with van der Waals surface area (Å²) in [5, 5.41) is 3.44. The van der Waals surface area contributed by atoms with Crippen LogP contribution in [0.2, 0.25) is 0 Å². The first-order chi connectivity index (χ1) is 7.29. The molecule has 2 atom stereocenters. The Hall–Kier alpha value is -0.890. The van der Waals surface area contributed by atoms with Crippen LogP contribution in [-0.4, -0.2) is 18.1 Å². The Morgan fingerprint density at radius 2 is 1.93 bits per heavy atom. The molecular formula is C13H22N2. The molecule has 2 nitrogen and oxygen atoms in total. The van der Waals surface area contributed by atoms with E-state index in [1.807, 2.05) is 12.4 Å². The summed E-state index contributed by atoms with van der Waals surface area (Å²) in [6, 6.07) is 4.27. The van der Waals surface area contributed by atoms with Gasteiger partial charge in [0.2, 0.25) is 0 Å². The van der Waals surface area contributed by atoms with Crippen LogP contribution in [0.15, 0.2) is 24.5 Å². The predicted molar refractivity (Wildman–Crippen MR) is 65.0 cm³/mol. The van der Waals surface area contributed by atoms with Crippen LogP contribution in [0.1, 0.15) is 38.7 Å². The molecule has 0 saturated heterocycles. The first kappa shape index (κ1) is 12.2. The SMILES string of the molecule is CCNCC(c1ccncc1)C(C)CC. The number of pyridine rings is 1. The van der Waals surface area contributed by atoms with Crippen molar-refractivity contribution in [2.75, 3.05) is 13.1 Å². The van der Waals surface area contributed by atoms with E-state index in [1.165, 1.54) is 12.0 Å². The number of rotatable bonds is 6. The molecule has 1 aromatic rings. The Morgan fingerprint density at radius 1 is 1.27 bits per heavy atom. The Kier molecular flexibility index (Phi) is 5.33. The maximum absolute atomic E-state index is 4.07. The third-order valence-electron chi connectivity index (χ3n) is 3.08. The molecule has 84 valence electrons. The molecule has 0 aromatic carbocycles. The summed E-state index contributed by atoms with van der Waals surface area (Å²) in [7, 11) is 0. The highest BCUT2D eigenvalue weighted by Crippen LogP contribution is 2.25. The van der Waals surface area contributed by atoms with Crippen molar-refractivity contribution in [3.05, 3.63) is 30.1 Å². The third-order valence-corrected chi connectivity index (χ3v) is 3.08. The van der Waals surface area contributed by atoms with Gasteiger partial charge in [-0.2, -0.15) is 0 Å². The molecule has 1 N–H and O–H groups in total. The van der Waals surface area contributed by atoms with Gasteiger partial charge in [-0.3, -0.25) is 4.98 Å². The zero-order valence-corrected chi connectivity index (χ0v) is 10.0. The molecule has 15 heavy (non-hydrogen) atoms. The standard InChI is InChI=1S/C13H22N2/c1-4-11(3)13(10-14-5-2)12-6-8-15-9-7-12/h6-9,11,13-14H,4-5,10H2,1-3H3. The van der Waals surface area contributed by atoms with Crippen LogP contribution in [0.5, 0.6) is 0 Å². The van der Waals surface area contributed by atoms with Crippen molar-refractivity contribution >= 4 is 0 Å². The van der Waals surface area contributed by atoms with Gasteiger partial charge in [0.05, 0.1) is 0 Å². The first-order valence-corrected chi connectivity index (χ1v) is 5.90. The molecule has 1 heterocycles. The van der Waals surface area contributed by atoms with E-state index in [0.29, 0.717) is 11.8 Å². The average molecular weight is 206 g/mol. The van der Waals surface area contributed by atoms with E-state index in [0.717, 1.165) is 13.1 Å². The molecule has 0 saturated carbocycles. The minimum Gasteiger partial charge on any atom is -0.316 e. The van der Waals surface area contributed by atoms with E-state index in [1.54, 1.807) is 0 Å². The summed E-state index contributed by atoms with van der Waals surface area (Å²) in [5.41, 5.74) is 1.40. The van der Waals surface area contributed by atoms with Gasteiger partial charge in [-0.15, -0.1) is 0 Å². The smallest absolute Gasteiger partial charge is 0.0270 e. The quantitative estimate of drug-likeness (QED) is 0.774. The van der Waals surface area contributed by atoms with Crippen LogP contribution in [0.25, 0.3) is 0 Å². The van der Waals surface area contributed by atoms with Crippen LogP contribution < -0.4 is 5.32 Å². The zero-order valence-electron chi connectivity index (χ0n) is 10.0. The predicted octanol–water partition coefficient (Wildman–Crippen LogP) is 2.82. The molecule has 2 unspecified atom stereocenters. The van der Waals surface area contributed by atoms with Gasteiger partial charge in [0, 0.05) is 18.9 Å². The second kappa shape index (κ2) is 6.57. The van der Waals surface area contributed by atoms with Crippen LogP contribution >= 0.6 is 0 Å². The maximum atomic E-state index is 4.07. The molecule has 2 heteroatoms. The van der Waals surface area contributed by atoms with Crippen LogP contribution in [0.3, 0.4) is 0 Å². The number of hydrogen-bond donors (Lipinski definition) is 1. The molecule has 0 radical (unpaired) electrons. The van der Waals surface area contributed by atoms with Gasteiger partial charge in [0.1, 0.15) is 0 Å². The van der Waals surface area contributed by atoms with E-state index >= 15 is 0 Å². The lowest BCUT2D eigenvalue weighted by molar-refractivity contribution is 0.424. The number of likely N-dealkylation sites (N-methyl/N-ethyl adjacent to an activating group) is 1. The van der Waals surface area contributed by atoms with Crippen molar-refractivity contribution in [2.45, 2.75) is 33.1 Å². The fourth-order valence-corrected chi connectivity index (χ4v) is 1.84. The van der Waals surface area contributed by atoms with E-state index in [9.17, 15) is 0 Å². The van der Waals surface area contributed by atoms with Crippen molar-refractivity contribution in [3.63, 3.8) is 0 Å². The van der Waals surface area contributed by atoms with Crippen LogP contribution in [-0.2, 0) is 0 Å². The minimum absolute atomic E-state index is 0.609. The largest absolute Gasteiger partial charge is 0.316 e. The molecule has 0 bridgehead atoms. The molecule has 0 spiro atoms. The number of aromatic nitrogens is 1. The second-order valence-corrected chi connectivity index (χ2v) is 4.08. The monoisotopic (exact) mass is 206 g/mol. The lowest BCUT2D eigenvalue weighted by atomic mass is 9.86. The van der Waals surface area contributed by atoms with Crippen LogP contribution in [0.4, 0.5) is 0 Å². The van der Waals surface area contributed by atoms with E-state index in [4.69, 9.17) is 0 Å². The van der Waals surface area contributed by atoms with E-state index in [-0.39, 0.29) is 0 Å². The lowest BCUT2D eigenvalue weighted by Gasteiger charge is -2.23. The Balaban J connectivity index is 2.72. The summed E-state index contributed by atoms with van der Waals surface area (Å²) in [6.07, 6.45) is 4.99. The highest BCUT2D eigenvalue weighted by atomic mass is 14.8. The number of hydrogen-bond acceptors (Lipinski definition) is 2. The fourth-order valence-electron chi connectivity index (χ4n) is 1.84. The number of nitrogens with one attached hydrogen (secondary N) is 1. The summed E-state index contributed by atoms with van der Waals surface area (Å²) in [4.78, 5) is 4.07. The summed E-state index contributed by atoms with van der Waals surface area (Å²) >= 11 is 0. The van der Waals surface area contributed by atoms with Gasteiger partial charge in [-0.25, -0.2) is 0 Å². The fraction of sp³-hybridized carbons (Fsp3) is 0.615. The Labute approximate surface area is 93.1 Å². The Morgan fingerprint density at radius 3 is 2.47 bits per heavy atom. The second-order valence-electron chi connectivity index (χ2n) is 4.08. The van der Waals surface area contributed by atoms with Gasteiger partial charge < -0.3 is 5.32 Å². The molecule has 0 amide bonds. The van der Waals surface area contributed by atoms with E-state index < -0.39 is 0 Å². The van der Waals surface area contributed by atoms with Gasteiger partial charge in [-0.1, -0.05) is 27.2 Å². The molecule has 1 rings (SSSR count).